The first-order valence-corrected chi connectivity index (χ1v) is 11.8. The van der Waals surface area contributed by atoms with E-state index in [0.717, 1.165) is 29.7 Å². The molecule has 8 nitrogen and oxygen atoms in total. The highest BCUT2D eigenvalue weighted by atomic mass is 79.9. The second-order valence-corrected chi connectivity index (χ2v) is 9.89. The molecule has 4 rings (SSSR count). The van der Waals surface area contributed by atoms with Crippen molar-refractivity contribution in [2.45, 2.75) is 39.2 Å². The largest absolute Gasteiger partial charge is 0.503 e. The lowest BCUT2D eigenvalue weighted by atomic mass is 9.89. The summed E-state index contributed by atoms with van der Waals surface area (Å²) in [6.45, 7) is 3.86. The lowest BCUT2D eigenvalue weighted by Gasteiger charge is -2.18. The predicted molar refractivity (Wildman–Crippen MR) is 128 cm³/mol. The van der Waals surface area contributed by atoms with Crippen LogP contribution in [0, 0.1) is 5.92 Å². The number of aromatic nitrogens is 2. The summed E-state index contributed by atoms with van der Waals surface area (Å²) in [6.07, 6.45) is 5.76. The fourth-order valence-corrected chi connectivity index (χ4v) is 5.63. The highest BCUT2D eigenvalue weighted by Gasteiger charge is 2.25. The maximum Gasteiger partial charge on any atom is 0.263 e. The number of methoxy groups -OCH3 is 1. The Morgan fingerprint density at radius 2 is 2.28 bits per heavy atom. The molecule has 168 valence electrons. The molecule has 0 bridgehead atoms. The number of thiophene rings is 1. The first-order valence-electron chi connectivity index (χ1n) is 10.2. The summed E-state index contributed by atoms with van der Waals surface area (Å²) in [6, 6.07) is 2.44. The zero-order valence-electron chi connectivity index (χ0n) is 17.9. The van der Waals surface area contributed by atoms with Crippen LogP contribution in [0.1, 0.15) is 42.3 Å². The summed E-state index contributed by atoms with van der Waals surface area (Å²) in [5, 5.41) is 14.5. The SMILES string of the molecule is COc1cc(/C=N\NC(=O)[C@@H](C)n2cnc3sc4c(c3c2=O)CC[C@@H](C)C4)cc(Br)c1O. The van der Waals surface area contributed by atoms with E-state index in [0.29, 0.717) is 21.3 Å². The molecule has 0 aliphatic heterocycles. The highest BCUT2D eigenvalue weighted by molar-refractivity contribution is 9.10. The van der Waals surface area contributed by atoms with Gasteiger partial charge in [0.15, 0.2) is 11.5 Å². The number of amides is 1. The lowest BCUT2D eigenvalue weighted by Crippen LogP contribution is -2.34. The van der Waals surface area contributed by atoms with Crippen LogP contribution in [0.2, 0.25) is 0 Å². The van der Waals surface area contributed by atoms with Gasteiger partial charge >= 0.3 is 0 Å². The molecule has 0 saturated carbocycles. The molecule has 0 unspecified atom stereocenters. The Morgan fingerprint density at radius 1 is 1.50 bits per heavy atom. The van der Waals surface area contributed by atoms with E-state index in [1.165, 1.54) is 29.1 Å². The number of carbonyl (C=O) groups excluding carboxylic acids is 1. The summed E-state index contributed by atoms with van der Waals surface area (Å²) in [7, 11) is 1.44. The summed E-state index contributed by atoms with van der Waals surface area (Å²) < 4.78 is 6.91. The fraction of sp³-hybridized carbons (Fsp3) is 0.364. The Bertz CT molecular complexity index is 1280. The number of nitrogens with one attached hydrogen (secondary N) is 1. The number of aromatic hydroxyl groups is 1. The van der Waals surface area contributed by atoms with Crippen LogP contribution < -0.4 is 15.7 Å². The smallest absolute Gasteiger partial charge is 0.263 e. The third-order valence-electron chi connectivity index (χ3n) is 5.70. The van der Waals surface area contributed by atoms with Gasteiger partial charge in [0, 0.05) is 4.88 Å². The summed E-state index contributed by atoms with van der Waals surface area (Å²) in [5.41, 5.74) is 3.97. The van der Waals surface area contributed by atoms with Gasteiger partial charge in [0.25, 0.3) is 11.5 Å². The van der Waals surface area contributed by atoms with Crippen molar-refractivity contribution in [1.29, 1.82) is 0 Å². The first kappa shape index (κ1) is 22.5. The Morgan fingerprint density at radius 3 is 3.03 bits per heavy atom. The van der Waals surface area contributed by atoms with Crippen molar-refractivity contribution < 1.29 is 14.6 Å². The molecule has 2 atom stereocenters. The van der Waals surface area contributed by atoms with Crippen LogP contribution in [0.25, 0.3) is 10.2 Å². The van der Waals surface area contributed by atoms with E-state index in [1.807, 2.05) is 0 Å². The fourth-order valence-electron chi connectivity index (χ4n) is 3.83. The zero-order chi connectivity index (χ0) is 23.0. The van der Waals surface area contributed by atoms with Crippen LogP contribution in [0.15, 0.2) is 32.8 Å². The Kier molecular flexibility index (Phi) is 6.34. The van der Waals surface area contributed by atoms with Gasteiger partial charge in [0.2, 0.25) is 0 Å². The second kappa shape index (κ2) is 9.03. The van der Waals surface area contributed by atoms with Gasteiger partial charge in [-0.2, -0.15) is 5.10 Å². The number of aryl methyl sites for hydroxylation is 1. The molecule has 0 radical (unpaired) electrons. The number of fused-ring (bicyclic) bond motifs is 3. The minimum Gasteiger partial charge on any atom is -0.503 e. The van der Waals surface area contributed by atoms with Crippen LogP contribution in [0.4, 0.5) is 0 Å². The number of phenolic OH excluding ortho intramolecular Hbond substituents is 1. The minimum absolute atomic E-state index is 0.0188. The molecule has 2 aromatic heterocycles. The maximum absolute atomic E-state index is 13.2. The number of carbonyl (C=O) groups is 1. The highest BCUT2D eigenvalue weighted by Crippen LogP contribution is 2.36. The van der Waals surface area contributed by atoms with E-state index in [4.69, 9.17) is 4.74 Å². The standard InChI is InChI=1S/C22H23BrN4O4S/c1-11-4-5-14-17(6-11)32-21-18(14)22(30)27(10-24-21)12(2)20(29)26-25-9-13-7-15(23)19(28)16(8-13)31-3/h7-12,28H,4-6H2,1-3H3,(H,26,29)/b25-9-/t11-,12-/m1/s1. The average Bonchev–Trinajstić information content (AvgIpc) is 3.14. The van der Waals surface area contributed by atoms with E-state index < -0.39 is 11.9 Å². The summed E-state index contributed by atoms with van der Waals surface area (Å²) in [5.74, 6) is 0.427. The summed E-state index contributed by atoms with van der Waals surface area (Å²) in [4.78, 5) is 32.3. The van der Waals surface area contributed by atoms with Crippen molar-refractivity contribution >= 4 is 49.6 Å². The number of phenols is 1. The van der Waals surface area contributed by atoms with Crippen LogP contribution in [0.5, 0.6) is 11.5 Å². The van der Waals surface area contributed by atoms with Gasteiger partial charge in [-0.05, 0) is 71.3 Å². The second-order valence-electron chi connectivity index (χ2n) is 7.95. The van der Waals surface area contributed by atoms with E-state index in [9.17, 15) is 14.7 Å². The predicted octanol–water partition coefficient (Wildman–Crippen LogP) is 3.77. The van der Waals surface area contributed by atoms with E-state index in [2.05, 4.69) is 38.4 Å². The van der Waals surface area contributed by atoms with Gasteiger partial charge in [-0.15, -0.1) is 11.3 Å². The van der Waals surface area contributed by atoms with Crippen LogP contribution >= 0.6 is 27.3 Å². The third kappa shape index (κ3) is 4.16. The van der Waals surface area contributed by atoms with Crippen LogP contribution in [-0.2, 0) is 17.6 Å². The number of halogens is 1. The average molecular weight is 519 g/mol. The Labute approximate surface area is 197 Å². The molecule has 3 aromatic rings. The maximum atomic E-state index is 13.2. The molecule has 0 saturated heterocycles. The normalized spacial score (nSPS) is 16.8. The number of nitrogens with zero attached hydrogens (tertiary/aromatic N) is 3. The van der Waals surface area contributed by atoms with E-state index in [1.54, 1.807) is 30.4 Å². The molecule has 0 spiro atoms. The molecule has 1 amide bonds. The number of ether oxygens (including phenoxy) is 1. The number of benzene rings is 1. The molecule has 1 aliphatic rings. The van der Waals surface area contributed by atoms with Crippen molar-refractivity contribution in [1.82, 2.24) is 15.0 Å². The molecule has 1 aliphatic carbocycles. The van der Waals surface area contributed by atoms with E-state index >= 15 is 0 Å². The summed E-state index contributed by atoms with van der Waals surface area (Å²) >= 11 is 4.83. The molecular formula is C22H23BrN4O4S. The number of hydrogen-bond acceptors (Lipinski definition) is 7. The van der Waals surface area contributed by atoms with Crippen molar-refractivity contribution in [3.8, 4) is 11.5 Å². The quantitative estimate of drug-likeness (QED) is 0.395. The van der Waals surface area contributed by atoms with Crippen molar-refractivity contribution in [3.05, 3.63) is 49.3 Å². The molecule has 2 N–H and O–H groups in total. The topological polar surface area (TPSA) is 106 Å². The third-order valence-corrected chi connectivity index (χ3v) is 7.46. The first-order chi connectivity index (χ1) is 15.3. The Balaban J connectivity index is 1.54. The lowest BCUT2D eigenvalue weighted by molar-refractivity contribution is -0.123. The Hall–Kier alpha value is -2.72. The molecule has 10 heteroatoms. The van der Waals surface area contributed by atoms with Gasteiger partial charge in [0.1, 0.15) is 10.9 Å². The monoisotopic (exact) mass is 518 g/mol. The van der Waals surface area contributed by atoms with Gasteiger partial charge < -0.3 is 9.84 Å². The van der Waals surface area contributed by atoms with Crippen LogP contribution in [-0.4, -0.2) is 33.9 Å². The van der Waals surface area contributed by atoms with Crippen LogP contribution in [0.3, 0.4) is 0 Å². The number of hydrazone groups is 1. The molecule has 32 heavy (non-hydrogen) atoms. The van der Waals surface area contributed by atoms with Crippen molar-refractivity contribution in [2.75, 3.05) is 7.11 Å². The van der Waals surface area contributed by atoms with Crippen molar-refractivity contribution in [2.24, 2.45) is 11.0 Å². The van der Waals surface area contributed by atoms with Gasteiger partial charge in [-0.1, -0.05) is 6.92 Å². The molecule has 1 aromatic carbocycles. The number of rotatable bonds is 5. The molecule has 2 heterocycles. The molecular weight excluding hydrogens is 496 g/mol. The minimum atomic E-state index is -0.782. The van der Waals surface area contributed by atoms with Gasteiger partial charge in [-0.3, -0.25) is 14.2 Å². The zero-order valence-corrected chi connectivity index (χ0v) is 20.3. The van der Waals surface area contributed by atoms with Gasteiger partial charge in [0.05, 0.1) is 29.5 Å². The number of hydrogen-bond donors (Lipinski definition) is 2. The van der Waals surface area contributed by atoms with Gasteiger partial charge in [-0.25, -0.2) is 10.4 Å². The van der Waals surface area contributed by atoms with Crippen molar-refractivity contribution in [3.63, 3.8) is 0 Å². The van der Waals surface area contributed by atoms with E-state index in [-0.39, 0.29) is 17.1 Å². The molecule has 0 fully saturated rings.